The molecular weight excluding hydrogens is 337 g/mol. The second kappa shape index (κ2) is 7.15. The Hall–Kier alpha value is -0.530. The van der Waals surface area contributed by atoms with Crippen LogP contribution >= 0.6 is 23.2 Å². The molecular formula is C13H17Cl2NO4S. The van der Waals surface area contributed by atoms with Gasteiger partial charge in [-0.1, -0.05) is 23.2 Å². The van der Waals surface area contributed by atoms with Crippen molar-refractivity contribution in [3.63, 3.8) is 0 Å². The fourth-order valence-corrected chi connectivity index (χ4v) is 3.58. The predicted molar refractivity (Wildman–Crippen MR) is 81.5 cm³/mol. The third-order valence-electron chi connectivity index (χ3n) is 3.24. The number of hydrogen-bond acceptors (Lipinski definition) is 4. The number of hydrogen-bond donors (Lipinski definition) is 1. The minimum absolute atomic E-state index is 0.00368. The number of nitrogens with two attached hydrogens (primary N) is 1. The molecule has 0 bridgehead atoms. The Morgan fingerprint density at radius 3 is 2.71 bits per heavy atom. The van der Waals surface area contributed by atoms with Crippen LogP contribution < -0.4 is 9.88 Å². The highest BCUT2D eigenvalue weighted by molar-refractivity contribution is 7.89. The van der Waals surface area contributed by atoms with Gasteiger partial charge in [-0.3, -0.25) is 0 Å². The number of sulfonamides is 1. The Kier molecular flexibility index (Phi) is 5.73. The van der Waals surface area contributed by atoms with E-state index in [-0.39, 0.29) is 14.9 Å². The molecule has 8 heteroatoms. The van der Waals surface area contributed by atoms with Crippen LogP contribution in [-0.2, 0) is 14.8 Å². The Morgan fingerprint density at radius 1 is 1.33 bits per heavy atom. The lowest BCUT2D eigenvalue weighted by molar-refractivity contribution is 0.0981. The van der Waals surface area contributed by atoms with Gasteiger partial charge < -0.3 is 9.47 Å². The fourth-order valence-electron chi connectivity index (χ4n) is 2.20. The van der Waals surface area contributed by atoms with Gasteiger partial charge >= 0.3 is 0 Å². The summed E-state index contributed by atoms with van der Waals surface area (Å²) in [6, 6.07) is 2.57. The van der Waals surface area contributed by atoms with Gasteiger partial charge in [0.25, 0.3) is 0 Å². The molecule has 21 heavy (non-hydrogen) atoms. The number of halogens is 2. The zero-order valence-corrected chi connectivity index (χ0v) is 13.7. The van der Waals surface area contributed by atoms with Gasteiger partial charge in [0.1, 0.15) is 10.6 Å². The zero-order valence-electron chi connectivity index (χ0n) is 11.3. The summed E-state index contributed by atoms with van der Waals surface area (Å²) >= 11 is 11.9. The van der Waals surface area contributed by atoms with Crippen LogP contribution in [0.4, 0.5) is 0 Å². The van der Waals surface area contributed by atoms with Crippen LogP contribution in [-0.4, -0.2) is 27.7 Å². The molecule has 1 aliphatic rings. The largest absolute Gasteiger partial charge is 0.492 e. The topological polar surface area (TPSA) is 78.6 Å². The van der Waals surface area contributed by atoms with Gasteiger partial charge in [-0.05, 0) is 31.7 Å². The van der Waals surface area contributed by atoms with Gasteiger partial charge in [-0.2, -0.15) is 0 Å². The van der Waals surface area contributed by atoms with E-state index >= 15 is 0 Å². The van der Waals surface area contributed by atoms with Crippen LogP contribution in [0.5, 0.6) is 5.75 Å². The van der Waals surface area contributed by atoms with Crippen molar-refractivity contribution in [1.29, 1.82) is 0 Å². The Labute approximate surface area is 134 Å². The van der Waals surface area contributed by atoms with Crippen LogP contribution in [0.25, 0.3) is 0 Å². The molecule has 0 aromatic heterocycles. The third-order valence-corrected chi connectivity index (χ3v) is 4.92. The van der Waals surface area contributed by atoms with Gasteiger partial charge in [0, 0.05) is 12.7 Å². The van der Waals surface area contributed by atoms with Crippen molar-refractivity contribution in [2.75, 3.05) is 13.2 Å². The van der Waals surface area contributed by atoms with Crippen molar-refractivity contribution in [2.45, 2.75) is 36.7 Å². The van der Waals surface area contributed by atoms with Crippen LogP contribution in [0.2, 0.25) is 10.0 Å². The van der Waals surface area contributed by atoms with E-state index in [2.05, 4.69) is 0 Å². The minimum atomic E-state index is -3.90. The summed E-state index contributed by atoms with van der Waals surface area (Å²) in [6.07, 6.45) is 4.28. The maximum atomic E-state index is 11.3. The smallest absolute Gasteiger partial charge is 0.239 e. The summed E-state index contributed by atoms with van der Waals surface area (Å²) in [5.41, 5.74) is 0. The minimum Gasteiger partial charge on any atom is -0.492 e. The van der Waals surface area contributed by atoms with Crippen molar-refractivity contribution in [3.8, 4) is 5.75 Å². The molecule has 2 N–H and O–H groups in total. The average molecular weight is 354 g/mol. The van der Waals surface area contributed by atoms with Crippen molar-refractivity contribution in [2.24, 2.45) is 5.14 Å². The molecule has 0 saturated carbocycles. The molecule has 1 heterocycles. The molecule has 1 aromatic carbocycles. The maximum absolute atomic E-state index is 11.3. The highest BCUT2D eigenvalue weighted by Crippen LogP contribution is 2.33. The van der Waals surface area contributed by atoms with Gasteiger partial charge in [0.05, 0.1) is 22.8 Å². The lowest BCUT2D eigenvalue weighted by atomic mass is 10.1. The van der Waals surface area contributed by atoms with Crippen molar-refractivity contribution >= 4 is 33.2 Å². The normalized spacial score (nSPS) is 18.9. The molecule has 5 nitrogen and oxygen atoms in total. The molecule has 1 saturated heterocycles. The zero-order chi connectivity index (χ0) is 15.5. The first-order valence-electron chi connectivity index (χ1n) is 6.64. The third kappa shape index (κ3) is 4.72. The summed E-state index contributed by atoms with van der Waals surface area (Å²) in [4.78, 5) is -0.208. The van der Waals surface area contributed by atoms with Crippen LogP contribution in [0, 0.1) is 0 Å². The first-order chi connectivity index (χ1) is 9.88. The second-order valence-electron chi connectivity index (χ2n) is 4.88. The van der Waals surface area contributed by atoms with Gasteiger partial charge in [0.15, 0.2) is 0 Å². The summed E-state index contributed by atoms with van der Waals surface area (Å²) < 4.78 is 33.7. The lowest BCUT2D eigenvalue weighted by Crippen LogP contribution is -2.13. The van der Waals surface area contributed by atoms with E-state index in [9.17, 15) is 8.42 Å². The molecule has 0 amide bonds. The maximum Gasteiger partial charge on any atom is 0.239 e. The molecule has 0 aliphatic carbocycles. The average Bonchev–Trinajstić information content (AvgIpc) is 2.90. The van der Waals surface area contributed by atoms with E-state index in [1.165, 1.54) is 12.1 Å². The summed E-state index contributed by atoms with van der Waals surface area (Å²) in [5.74, 6) is 0.349. The van der Waals surface area contributed by atoms with E-state index < -0.39 is 10.0 Å². The molecule has 1 atom stereocenters. The molecule has 1 aliphatic heterocycles. The number of ether oxygens (including phenoxy) is 2. The molecule has 2 rings (SSSR count). The number of primary sulfonamides is 1. The van der Waals surface area contributed by atoms with Gasteiger partial charge in [-0.15, -0.1) is 0 Å². The van der Waals surface area contributed by atoms with Gasteiger partial charge in [0.2, 0.25) is 10.0 Å². The first-order valence-corrected chi connectivity index (χ1v) is 8.94. The van der Waals surface area contributed by atoms with E-state index in [1.54, 1.807) is 0 Å². The molecule has 0 spiro atoms. The van der Waals surface area contributed by atoms with E-state index in [0.29, 0.717) is 18.5 Å². The highest BCUT2D eigenvalue weighted by Gasteiger charge is 2.17. The quantitative estimate of drug-likeness (QED) is 0.797. The Morgan fingerprint density at radius 2 is 2.10 bits per heavy atom. The summed E-state index contributed by atoms with van der Waals surface area (Å²) in [6.45, 7) is 1.30. The standard InChI is InChI=1S/C13H17Cl2NO4S/c14-10-8-13(21(16,17)18)11(15)7-12(10)20-6-2-4-9-3-1-5-19-9/h7-9H,1-6H2,(H2,16,17,18). The van der Waals surface area contributed by atoms with Crippen molar-refractivity contribution < 1.29 is 17.9 Å². The molecule has 1 unspecified atom stereocenters. The number of rotatable bonds is 6. The van der Waals surface area contributed by atoms with E-state index in [1.807, 2.05) is 0 Å². The predicted octanol–water partition coefficient (Wildman–Crippen LogP) is 2.98. The van der Waals surface area contributed by atoms with Crippen molar-refractivity contribution in [1.82, 2.24) is 0 Å². The van der Waals surface area contributed by atoms with Crippen LogP contribution in [0.15, 0.2) is 17.0 Å². The second-order valence-corrected chi connectivity index (χ2v) is 7.23. The number of benzene rings is 1. The molecule has 1 aromatic rings. The monoisotopic (exact) mass is 353 g/mol. The molecule has 0 radical (unpaired) electrons. The van der Waals surface area contributed by atoms with Crippen molar-refractivity contribution in [3.05, 3.63) is 22.2 Å². The Balaban J connectivity index is 1.93. The van der Waals surface area contributed by atoms with Crippen LogP contribution in [0.1, 0.15) is 25.7 Å². The fraction of sp³-hybridized carbons (Fsp3) is 0.538. The molecule has 1 fully saturated rings. The summed E-state index contributed by atoms with van der Waals surface area (Å²) in [5, 5.41) is 5.21. The SMILES string of the molecule is NS(=O)(=O)c1cc(Cl)c(OCCCC2CCCO2)cc1Cl. The van der Waals surface area contributed by atoms with Gasteiger partial charge in [-0.25, -0.2) is 13.6 Å². The van der Waals surface area contributed by atoms with E-state index in [4.69, 9.17) is 37.8 Å². The lowest BCUT2D eigenvalue weighted by Gasteiger charge is -2.12. The first kappa shape index (κ1) is 16.8. The van der Waals surface area contributed by atoms with Crippen LogP contribution in [0.3, 0.4) is 0 Å². The molecule has 118 valence electrons. The Bertz CT molecular complexity index is 600. The summed E-state index contributed by atoms with van der Waals surface area (Å²) in [7, 11) is -3.90. The highest BCUT2D eigenvalue weighted by atomic mass is 35.5. The van der Waals surface area contributed by atoms with E-state index in [0.717, 1.165) is 32.3 Å².